The number of hydrogen-bond acceptors (Lipinski definition) is 5. The highest BCUT2D eigenvalue weighted by atomic mass is 32.2. The third-order valence-electron chi connectivity index (χ3n) is 4.06. The van der Waals surface area contributed by atoms with E-state index in [1.165, 1.54) is 0 Å². The van der Waals surface area contributed by atoms with Crippen LogP contribution in [0.25, 0.3) is 0 Å². The molecule has 0 saturated carbocycles. The number of aliphatic hydroxyl groups is 1. The van der Waals surface area contributed by atoms with Crippen molar-refractivity contribution in [3.63, 3.8) is 0 Å². The van der Waals surface area contributed by atoms with Crippen molar-refractivity contribution in [1.82, 2.24) is 5.32 Å². The van der Waals surface area contributed by atoms with E-state index in [4.69, 9.17) is 4.74 Å². The van der Waals surface area contributed by atoms with Gasteiger partial charge in [-0.3, -0.25) is 0 Å². The first-order valence-electron chi connectivity index (χ1n) is 6.85. The van der Waals surface area contributed by atoms with Gasteiger partial charge in [0.2, 0.25) is 0 Å². The van der Waals surface area contributed by atoms with Gasteiger partial charge in [-0.2, -0.15) is 0 Å². The molecule has 1 aromatic carbocycles. The van der Waals surface area contributed by atoms with Gasteiger partial charge in [0.25, 0.3) is 0 Å². The van der Waals surface area contributed by atoms with Crippen molar-refractivity contribution < 1.29 is 18.3 Å². The molecule has 6 heteroatoms. The van der Waals surface area contributed by atoms with E-state index in [0.717, 1.165) is 5.56 Å². The average molecular weight is 297 g/mol. The minimum absolute atomic E-state index is 0.0284. The van der Waals surface area contributed by atoms with Crippen LogP contribution in [0.3, 0.4) is 0 Å². The maximum absolute atomic E-state index is 12.0. The van der Waals surface area contributed by atoms with Crippen molar-refractivity contribution in [3.05, 3.63) is 29.8 Å². The summed E-state index contributed by atoms with van der Waals surface area (Å²) in [7, 11) is -3.15. The minimum Gasteiger partial charge on any atom is -0.386 e. The SMILES string of the molecule is O=S1(=O)CCC(NCC2(O)CCOC2)c2ccccc21. The standard InChI is InChI=1S/C14H19NO4S/c16-14(6-7-19-10-14)9-15-12-5-8-20(17,18)13-4-2-1-3-11(12)13/h1-4,12,15-16H,5-10H2. The maximum Gasteiger partial charge on any atom is 0.178 e. The molecule has 3 rings (SSSR count). The number of sulfone groups is 1. The molecule has 20 heavy (non-hydrogen) atoms. The van der Waals surface area contributed by atoms with Crippen LogP contribution in [-0.2, 0) is 14.6 Å². The second-order valence-corrected chi connectivity index (χ2v) is 7.68. The summed E-state index contributed by atoms with van der Waals surface area (Å²) in [4.78, 5) is 0.415. The van der Waals surface area contributed by atoms with E-state index in [1.807, 2.05) is 12.1 Å². The molecule has 110 valence electrons. The van der Waals surface area contributed by atoms with Gasteiger partial charge in [-0.1, -0.05) is 18.2 Å². The van der Waals surface area contributed by atoms with Gasteiger partial charge in [-0.05, 0) is 18.1 Å². The Bertz CT molecular complexity index is 593. The minimum atomic E-state index is -3.15. The van der Waals surface area contributed by atoms with E-state index in [2.05, 4.69) is 5.32 Å². The van der Waals surface area contributed by atoms with Crippen molar-refractivity contribution in [2.75, 3.05) is 25.5 Å². The molecular weight excluding hydrogens is 278 g/mol. The molecule has 0 amide bonds. The molecule has 1 aromatic rings. The molecule has 1 saturated heterocycles. The molecule has 2 unspecified atom stereocenters. The van der Waals surface area contributed by atoms with E-state index in [-0.39, 0.29) is 11.8 Å². The van der Waals surface area contributed by atoms with Crippen LogP contribution in [-0.4, -0.2) is 44.6 Å². The number of nitrogens with one attached hydrogen (secondary N) is 1. The Labute approximate surface area is 118 Å². The topological polar surface area (TPSA) is 75.6 Å². The first-order chi connectivity index (χ1) is 9.50. The van der Waals surface area contributed by atoms with Crippen molar-refractivity contribution >= 4 is 9.84 Å². The molecule has 5 nitrogen and oxygen atoms in total. The lowest BCUT2D eigenvalue weighted by Crippen LogP contribution is -2.43. The molecule has 1 fully saturated rings. The van der Waals surface area contributed by atoms with Crippen molar-refractivity contribution in [1.29, 1.82) is 0 Å². The first-order valence-corrected chi connectivity index (χ1v) is 8.51. The van der Waals surface area contributed by atoms with E-state index in [1.54, 1.807) is 12.1 Å². The lowest BCUT2D eigenvalue weighted by Gasteiger charge is -2.29. The number of hydrogen-bond donors (Lipinski definition) is 2. The summed E-state index contributed by atoms with van der Waals surface area (Å²) in [5, 5.41) is 13.6. The smallest absolute Gasteiger partial charge is 0.178 e. The fraction of sp³-hybridized carbons (Fsp3) is 0.571. The average Bonchev–Trinajstić information content (AvgIpc) is 2.86. The highest BCUT2D eigenvalue weighted by Crippen LogP contribution is 2.32. The summed E-state index contributed by atoms with van der Waals surface area (Å²) >= 11 is 0. The van der Waals surface area contributed by atoms with Gasteiger partial charge in [-0.25, -0.2) is 8.42 Å². The lowest BCUT2D eigenvalue weighted by atomic mass is 10.00. The maximum atomic E-state index is 12.0. The highest BCUT2D eigenvalue weighted by Gasteiger charge is 2.35. The van der Waals surface area contributed by atoms with Crippen molar-refractivity contribution in [2.45, 2.75) is 29.4 Å². The molecule has 2 atom stereocenters. The zero-order valence-corrected chi connectivity index (χ0v) is 12.0. The Balaban J connectivity index is 1.78. The molecule has 2 N–H and O–H groups in total. The van der Waals surface area contributed by atoms with Gasteiger partial charge in [0, 0.05) is 25.6 Å². The Kier molecular flexibility index (Phi) is 3.58. The third kappa shape index (κ3) is 2.61. The second kappa shape index (κ2) is 5.11. The highest BCUT2D eigenvalue weighted by molar-refractivity contribution is 7.91. The van der Waals surface area contributed by atoms with Crippen LogP contribution in [0.5, 0.6) is 0 Å². The molecule has 2 heterocycles. The molecule has 2 aliphatic rings. The Morgan fingerprint density at radius 3 is 2.95 bits per heavy atom. The van der Waals surface area contributed by atoms with Gasteiger partial charge in [0.05, 0.1) is 17.3 Å². The normalized spacial score (nSPS) is 31.9. The lowest BCUT2D eigenvalue weighted by molar-refractivity contribution is 0.0245. The van der Waals surface area contributed by atoms with Gasteiger partial charge < -0.3 is 15.2 Å². The van der Waals surface area contributed by atoms with Crippen molar-refractivity contribution in [3.8, 4) is 0 Å². The molecule has 0 radical (unpaired) electrons. The van der Waals surface area contributed by atoms with Gasteiger partial charge in [0.1, 0.15) is 5.60 Å². The summed E-state index contributed by atoms with van der Waals surface area (Å²) in [6.07, 6.45) is 1.16. The van der Waals surface area contributed by atoms with E-state index in [9.17, 15) is 13.5 Å². The summed E-state index contributed by atoms with van der Waals surface area (Å²) < 4.78 is 29.3. The quantitative estimate of drug-likeness (QED) is 0.856. The molecule has 0 aliphatic carbocycles. The van der Waals surface area contributed by atoms with Crippen LogP contribution in [0, 0.1) is 0 Å². The predicted molar refractivity (Wildman–Crippen MR) is 74.2 cm³/mol. The van der Waals surface area contributed by atoms with Crippen LogP contribution in [0.4, 0.5) is 0 Å². The Morgan fingerprint density at radius 1 is 1.40 bits per heavy atom. The summed E-state index contributed by atoms with van der Waals surface area (Å²) in [6, 6.07) is 7.07. The van der Waals surface area contributed by atoms with E-state index >= 15 is 0 Å². The number of ether oxygens (including phenoxy) is 1. The van der Waals surface area contributed by atoms with Gasteiger partial charge in [-0.15, -0.1) is 0 Å². The fourth-order valence-electron chi connectivity index (χ4n) is 2.85. The molecule has 2 aliphatic heterocycles. The van der Waals surface area contributed by atoms with Gasteiger partial charge in [0.15, 0.2) is 9.84 Å². The molecule has 0 bridgehead atoms. The van der Waals surface area contributed by atoms with Crippen LogP contribution < -0.4 is 5.32 Å². The summed E-state index contributed by atoms with van der Waals surface area (Å²) in [6.45, 7) is 1.34. The Hall–Kier alpha value is -0.950. The Morgan fingerprint density at radius 2 is 2.20 bits per heavy atom. The zero-order chi connectivity index (χ0) is 14.2. The van der Waals surface area contributed by atoms with Crippen molar-refractivity contribution in [2.24, 2.45) is 0 Å². The summed E-state index contributed by atoms with van der Waals surface area (Å²) in [5.41, 5.74) is -0.0214. The number of benzene rings is 1. The zero-order valence-electron chi connectivity index (χ0n) is 11.2. The molecule has 0 spiro atoms. The van der Waals surface area contributed by atoms with E-state index in [0.29, 0.717) is 37.5 Å². The molecular formula is C14H19NO4S. The summed E-state index contributed by atoms with van der Waals surface area (Å²) in [5.74, 6) is 0.149. The van der Waals surface area contributed by atoms with Crippen LogP contribution in [0.1, 0.15) is 24.4 Å². The van der Waals surface area contributed by atoms with Crippen LogP contribution in [0.2, 0.25) is 0 Å². The second-order valence-electron chi connectivity index (χ2n) is 5.61. The monoisotopic (exact) mass is 297 g/mol. The molecule has 0 aromatic heterocycles. The largest absolute Gasteiger partial charge is 0.386 e. The van der Waals surface area contributed by atoms with Gasteiger partial charge >= 0.3 is 0 Å². The number of rotatable bonds is 3. The predicted octanol–water partition coefficient (Wildman–Crippen LogP) is 0.646. The van der Waals surface area contributed by atoms with E-state index < -0.39 is 15.4 Å². The van der Waals surface area contributed by atoms with Crippen LogP contribution in [0.15, 0.2) is 29.2 Å². The van der Waals surface area contributed by atoms with Crippen LogP contribution >= 0.6 is 0 Å². The third-order valence-corrected chi connectivity index (χ3v) is 5.88. The fourth-order valence-corrected chi connectivity index (χ4v) is 4.47. The first kappa shape index (κ1) is 14.0. The number of fused-ring (bicyclic) bond motifs is 1.